The fourth-order valence-electron chi connectivity index (χ4n) is 2.02. The van der Waals surface area contributed by atoms with Gasteiger partial charge >= 0.3 is 0 Å². The first-order valence-electron chi connectivity index (χ1n) is 4.61. The molecule has 0 bridgehead atoms. The summed E-state index contributed by atoms with van der Waals surface area (Å²) in [5.74, 6) is 0.983. The molecule has 3 unspecified atom stereocenters. The van der Waals surface area contributed by atoms with Crippen LogP contribution < -0.4 is 0 Å². The van der Waals surface area contributed by atoms with E-state index in [1.807, 2.05) is 13.0 Å². The number of rotatable bonds is 2. The molecule has 0 aliphatic heterocycles. The van der Waals surface area contributed by atoms with Crippen LogP contribution in [0, 0.1) is 11.8 Å². The Morgan fingerprint density at radius 2 is 2.17 bits per heavy atom. The highest BCUT2D eigenvalue weighted by atomic mass is 16.3. The minimum Gasteiger partial charge on any atom is -0.393 e. The Balaban J connectivity index is 2.63. The van der Waals surface area contributed by atoms with Gasteiger partial charge in [0.05, 0.1) is 6.10 Å². The molecule has 1 nitrogen and oxygen atoms in total. The van der Waals surface area contributed by atoms with Crippen LogP contribution in [0.15, 0.2) is 24.8 Å². The minimum absolute atomic E-state index is 0.122. The van der Waals surface area contributed by atoms with Crippen LogP contribution in [0.2, 0.25) is 0 Å². The molecule has 1 N–H and O–H groups in total. The molecule has 3 atom stereocenters. The van der Waals surface area contributed by atoms with Crippen LogP contribution in [0.3, 0.4) is 0 Å². The standard InChI is InChI=1S/C11H18O/c1-4-9-5-6-10(12)7-11(9)8(2)3/h4,9-12H,1-2,5-7H2,3H3. The molecule has 0 aromatic rings. The van der Waals surface area contributed by atoms with E-state index in [1.54, 1.807) is 0 Å². The summed E-state index contributed by atoms with van der Waals surface area (Å²) in [7, 11) is 0. The SMILES string of the molecule is C=CC1CCC(O)CC1C(=C)C. The van der Waals surface area contributed by atoms with Crippen molar-refractivity contribution in [2.45, 2.75) is 32.3 Å². The third-order valence-electron chi connectivity index (χ3n) is 2.81. The summed E-state index contributed by atoms with van der Waals surface area (Å²) < 4.78 is 0. The number of hydrogen-bond acceptors (Lipinski definition) is 1. The van der Waals surface area contributed by atoms with Crippen molar-refractivity contribution >= 4 is 0 Å². The first-order chi connectivity index (χ1) is 5.65. The zero-order valence-electron chi connectivity index (χ0n) is 7.79. The third-order valence-corrected chi connectivity index (χ3v) is 2.81. The van der Waals surface area contributed by atoms with Crippen LogP contribution in [-0.2, 0) is 0 Å². The molecule has 68 valence electrons. The highest BCUT2D eigenvalue weighted by molar-refractivity contribution is 5.05. The van der Waals surface area contributed by atoms with E-state index in [-0.39, 0.29) is 6.10 Å². The second-order valence-electron chi connectivity index (χ2n) is 3.82. The Morgan fingerprint density at radius 1 is 1.50 bits per heavy atom. The van der Waals surface area contributed by atoms with Crippen molar-refractivity contribution in [3.8, 4) is 0 Å². The van der Waals surface area contributed by atoms with E-state index in [0.29, 0.717) is 11.8 Å². The van der Waals surface area contributed by atoms with Crippen LogP contribution in [0.25, 0.3) is 0 Å². The summed E-state index contributed by atoms with van der Waals surface area (Å²) in [6, 6.07) is 0. The molecular weight excluding hydrogens is 148 g/mol. The summed E-state index contributed by atoms with van der Waals surface area (Å²) in [5.41, 5.74) is 1.18. The van der Waals surface area contributed by atoms with Crippen molar-refractivity contribution in [3.63, 3.8) is 0 Å². The lowest BCUT2D eigenvalue weighted by molar-refractivity contribution is 0.0933. The number of aliphatic hydroxyl groups excluding tert-OH is 1. The Labute approximate surface area is 74.8 Å². The molecule has 1 saturated carbocycles. The van der Waals surface area contributed by atoms with E-state index in [1.165, 1.54) is 5.57 Å². The molecule has 0 aromatic heterocycles. The minimum atomic E-state index is -0.122. The molecule has 1 fully saturated rings. The van der Waals surface area contributed by atoms with Crippen LogP contribution in [0.4, 0.5) is 0 Å². The van der Waals surface area contributed by atoms with Gasteiger partial charge in [0.15, 0.2) is 0 Å². The Kier molecular flexibility index (Phi) is 3.10. The number of hydrogen-bond donors (Lipinski definition) is 1. The van der Waals surface area contributed by atoms with Crippen LogP contribution in [-0.4, -0.2) is 11.2 Å². The number of aliphatic hydroxyl groups is 1. The molecule has 0 spiro atoms. The van der Waals surface area contributed by atoms with E-state index >= 15 is 0 Å². The highest BCUT2D eigenvalue weighted by Crippen LogP contribution is 2.34. The number of allylic oxidation sites excluding steroid dienone is 2. The van der Waals surface area contributed by atoms with Crippen LogP contribution >= 0.6 is 0 Å². The van der Waals surface area contributed by atoms with Crippen molar-refractivity contribution in [1.29, 1.82) is 0 Å². The lowest BCUT2D eigenvalue weighted by atomic mass is 9.75. The molecule has 0 radical (unpaired) electrons. The molecule has 1 heteroatoms. The van der Waals surface area contributed by atoms with Gasteiger partial charge in [-0.3, -0.25) is 0 Å². The van der Waals surface area contributed by atoms with E-state index in [9.17, 15) is 5.11 Å². The first kappa shape index (κ1) is 9.53. The van der Waals surface area contributed by atoms with Crippen LogP contribution in [0.5, 0.6) is 0 Å². The van der Waals surface area contributed by atoms with Gasteiger partial charge in [0.25, 0.3) is 0 Å². The fraction of sp³-hybridized carbons (Fsp3) is 0.636. The highest BCUT2D eigenvalue weighted by Gasteiger charge is 2.27. The van der Waals surface area contributed by atoms with Crippen LogP contribution in [0.1, 0.15) is 26.2 Å². The van der Waals surface area contributed by atoms with Gasteiger partial charge in [0, 0.05) is 0 Å². The van der Waals surface area contributed by atoms with Gasteiger partial charge in [-0.05, 0) is 38.0 Å². The van der Waals surface area contributed by atoms with Crippen molar-refractivity contribution in [2.24, 2.45) is 11.8 Å². The maximum Gasteiger partial charge on any atom is 0.0546 e. The fourth-order valence-corrected chi connectivity index (χ4v) is 2.02. The van der Waals surface area contributed by atoms with Crippen molar-refractivity contribution in [1.82, 2.24) is 0 Å². The molecule has 0 aromatic carbocycles. The monoisotopic (exact) mass is 166 g/mol. The quantitative estimate of drug-likeness (QED) is 0.625. The summed E-state index contributed by atoms with van der Waals surface area (Å²) >= 11 is 0. The van der Waals surface area contributed by atoms with Crippen molar-refractivity contribution in [2.75, 3.05) is 0 Å². The van der Waals surface area contributed by atoms with Crippen molar-refractivity contribution < 1.29 is 5.11 Å². The van der Waals surface area contributed by atoms with Gasteiger partial charge in [-0.15, -0.1) is 6.58 Å². The molecule has 0 amide bonds. The zero-order valence-corrected chi connectivity index (χ0v) is 7.79. The Morgan fingerprint density at radius 3 is 2.67 bits per heavy atom. The average Bonchev–Trinajstić information content (AvgIpc) is 2.04. The lowest BCUT2D eigenvalue weighted by Gasteiger charge is -2.32. The summed E-state index contributed by atoms with van der Waals surface area (Å²) in [6.45, 7) is 9.81. The molecule has 0 heterocycles. The second-order valence-corrected chi connectivity index (χ2v) is 3.82. The third kappa shape index (κ3) is 1.98. The molecule has 0 saturated heterocycles. The summed E-state index contributed by atoms with van der Waals surface area (Å²) in [4.78, 5) is 0. The molecular formula is C11H18O. The molecule has 1 aliphatic rings. The molecule has 1 rings (SSSR count). The lowest BCUT2D eigenvalue weighted by Crippen LogP contribution is -2.27. The van der Waals surface area contributed by atoms with E-state index in [4.69, 9.17) is 0 Å². The van der Waals surface area contributed by atoms with E-state index in [2.05, 4.69) is 13.2 Å². The topological polar surface area (TPSA) is 20.2 Å². The van der Waals surface area contributed by atoms with E-state index < -0.39 is 0 Å². The van der Waals surface area contributed by atoms with Crippen molar-refractivity contribution in [3.05, 3.63) is 24.8 Å². The van der Waals surface area contributed by atoms with Gasteiger partial charge in [-0.25, -0.2) is 0 Å². The predicted octanol–water partition coefficient (Wildman–Crippen LogP) is 2.53. The summed E-state index contributed by atoms with van der Waals surface area (Å²) in [6.07, 6.45) is 4.72. The van der Waals surface area contributed by atoms with E-state index in [0.717, 1.165) is 19.3 Å². The maximum absolute atomic E-state index is 9.47. The van der Waals surface area contributed by atoms with Gasteiger partial charge in [-0.1, -0.05) is 18.2 Å². The second kappa shape index (κ2) is 3.90. The Bertz CT molecular complexity index is 183. The zero-order chi connectivity index (χ0) is 9.14. The molecule has 1 aliphatic carbocycles. The molecule has 12 heavy (non-hydrogen) atoms. The summed E-state index contributed by atoms with van der Waals surface area (Å²) in [5, 5.41) is 9.47. The first-order valence-corrected chi connectivity index (χ1v) is 4.61. The Hall–Kier alpha value is -0.560. The van der Waals surface area contributed by atoms with Gasteiger partial charge in [0.1, 0.15) is 0 Å². The predicted molar refractivity (Wildman–Crippen MR) is 51.8 cm³/mol. The van der Waals surface area contributed by atoms with Gasteiger partial charge in [0.2, 0.25) is 0 Å². The van der Waals surface area contributed by atoms with Gasteiger partial charge < -0.3 is 5.11 Å². The largest absolute Gasteiger partial charge is 0.393 e. The normalized spacial score (nSPS) is 36.0. The maximum atomic E-state index is 9.47. The average molecular weight is 166 g/mol. The smallest absolute Gasteiger partial charge is 0.0546 e. The van der Waals surface area contributed by atoms with Gasteiger partial charge in [-0.2, -0.15) is 0 Å².